The molecule has 1 aliphatic rings. The van der Waals surface area contributed by atoms with Crippen molar-refractivity contribution in [3.8, 4) is 0 Å². The Morgan fingerprint density at radius 1 is 1.23 bits per heavy atom. The third kappa shape index (κ3) is 7.60. The summed E-state index contributed by atoms with van der Waals surface area (Å²) in [4.78, 5) is 45.9. The van der Waals surface area contributed by atoms with E-state index in [0.717, 1.165) is 4.57 Å². The molecule has 0 bridgehead atoms. The van der Waals surface area contributed by atoms with Gasteiger partial charge in [0.15, 0.2) is 6.23 Å². The standard InChI is InChI=1S/C14H22N4O6.C3H4O4/c1-6(2)9(16)13(21)23-5-7-10(19)11(20)12(24-7)18-4-3-8(15)17-14(18)22;4-2(5)1-3(6)7/h3-4,6-7,9-12,19-20H,5,16H2,1-2H3,(H2,15,17,22);1H2,(H,4,5)(H,6,7)/t7-,9+,10-,11+,12-;/m1./s1. The number of ether oxygens (including phenoxy) is 2. The molecule has 174 valence electrons. The van der Waals surface area contributed by atoms with Crippen LogP contribution < -0.4 is 17.2 Å². The Morgan fingerprint density at radius 3 is 2.26 bits per heavy atom. The Hall–Kier alpha value is -3.07. The smallest absolute Gasteiger partial charge is 0.351 e. The molecule has 0 spiro atoms. The molecule has 0 unspecified atom stereocenters. The normalized spacial score (nSPS) is 23.5. The fourth-order valence-electron chi connectivity index (χ4n) is 2.38. The lowest BCUT2D eigenvalue weighted by Crippen LogP contribution is -2.40. The molecule has 8 N–H and O–H groups in total. The van der Waals surface area contributed by atoms with Gasteiger partial charge in [0.2, 0.25) is 0 Å². The summed E-state index contributed by atoms with van der Waals surface area (Å²) < 4.78 is 11.5. The number of esters is 1. The van der Waals surface area contributed by atoms with E-state index in [4.69, 9.17) is 31.2 Å². The average Bonchev–Trinajstić information content (AvgIpc) is 2.93. The predicted octanol–water partition coefficient (Wildman–Crippen LogP) is -2.48. The average molecular weight is 446 g/mol. The summed E-state index contributed by atoms with van der Waals surface area (Å²) in [5.41, 5.74) is 10.3. The van der Waals surface area contributed by atoms with Crippen LogP contribution in [0.1, 0.15) is 26.5 Å². The number of nitrogens with zero attached hydrogens (tertiary/aromatic N) is 2. The zero-order chi connectivity index (χ0) is 23.9. The van der Waals surface area contributed by atoms with Gasteiger partial charge in [0.1, 0.15) is 43.2 Å². The van der Waals surface area contributed by atoms with E-state index in [1.54, 1.807) is 13.8 Å². The molecule has 14 nitrogen and oxygen atoms in total. The van der Waals surface area contributed by atoms with Gasteiger partial charge in [-0.15, -0.1) is 0 Å². The monoisotopic (exact) mass is 446 g/mol. The van der Waals surface area contributed by atoms with E-state index in [2.05, 4.69) is 4.98 Å². The first-order valence-corrected chi connectivity index (χ1v) is 9.07. The molecule has 14 heteroatoms. The topological polar surface area (TPSA) is 238 Å². The van der Waals surface area contributed by atoms with Crippen molar-refractivity contribution < 1.29 is 44.3 Å². The maximum absolute atomic E-state index is 11.8. The van der Waals surface area contributed by atoms with Gasteiger partial charge in [-0.25, -0.2) is 4.79 Å². The molecule has 2 heterocycles. The number of hydrogen-bond donors (Lipinski definition) is 6. The number of aliphatic hydroxyl groups excluding tert-OH is 2. The highest BCUT2D eigenvalue weighted by atomic mass is 16.6. The number of hydrogen-bond acceptors (Lipinski definition) is 11. The number of rotatable bonds is 7. The number of nitrogens with two attached hydrogens (primary N) is 2. The summed E-state index contributed by atoms with van der Waals surface area (Å²) in [5.74, 6) is -3.34. The summed E-state index contributed by atoms with van der Waals surface area (Å²) in [5, 5.41) is 35.5. The van der Waals surface area contributed by atoms with E-state index < -0.39 is 60.6 Å². The number of carboxylic acid groups (broad SMARTS) is 2. The third-order valence-corrected chi connectivity index (χ3v) is 4.15. The Kier molecular flexibility index (Phi) is 9.51. The lowest BCUT2D eigenvalue weighted by atomic mass is 10.1. The predicted molar refractivity (Wildman–Crippen MR) is 102 cm³/mol. The molecule has 2 rings (SSSR count). The first-order chi connectivity index (χ1) is 14.3. The van der Waals surface area contributed by atoms with E-state index in [0.29, 0.717) is 0 Å². The highest BCUT2D eigenvalue weighted by Crippen LogP contribution is 2.28. The maximum atomic E-state index is 11.8. The molecule has 0 radical (unpaired) electrons. The van der Waals surface area contributed by atoms with Crippen molar-refractivity contribution >= 4 is 23.7 Å². The molecule has 1 fully saturated rings. The lowest BCUT2D eigenvalue weighted by molar-refractivity contribution is -0.153. The number of carboxylic acids is 2. The van der Waals surface area contributed by atoms with Crippen LogP contribution in [0, 0.1) is 5.92 Å². The number of aromatic nitrogens is 2. The molecular formula is C17H26N4O10. The van der Waals surface area contributed by atoms with Crippen LogP contribution in [0.15, 0.2) is 17.1 Å². The Balaban J connectivity index is 0.000000592. The van der Waals surface area contributed by atoms with Crippen LogP contribution >= 0.6 is 0 Å². The van der Waals surface area contributed by atoms with Gasteiger partial charge in [-0.1, -0.05) is 13.8 Å². The molecule has 31 heavy (non-hydrogen) atoms. The molecule has 1 saturated heterocycles. The van der Waals surface area contributed by atoms with E-state index in [1.165, 1.54) is 12.3 Å². The summed E-state index contributed by atoms with van der Waals surface area (Å²) in [6, 6.07) is 0.562. The van der Waals surface area contributed by atoms with Crippen molar-refractivity contribution in [2.24, 2.45) is 11.7 Å². The van der Waals surface area contributed by atoms with Crippen LogP contribution in [-0.4, -0.2) is 78.8 Å². The second-order valence-electron chi connectivity index (χ2n) is 6.95. The molecule has 5 atom stereocenters. The minimum atomic E-state index is -1.39. The number of carbonyl (C=O) groups excluding carboxylic acids is 1. The zero-order valence-electron chi connectivity index (χ0n) is 16.8. The lowest BCUT2D eigenvalue weighted by Gasteiger charge is -2.18. The minimum Gasteiger partial charge on any atom is -0.481 e. The van der Waals surface area contributed by atoms with E-state index in [-0.39, 0.29) is 18.3 Å². The van der Waals surface area contributed by atoms with Gasteiger partial charge >= 0.3 is 23.6 Å². The first kappa shape index (κ1) is 26.0. The van der Waals surface area contributed by atoms with Crippen molar-refractivity contribution in [2.45, 2.75) is 50.8 Å². The van der Waals surface area contributed by atoms with Gasteiger partial charge in [-0.2, -0.15) is 4.98 Å². The van der Waals surface area contributed by atoms with E-state index >= 15 is 0 Å². The minimum absolute atomic E-state index is 0.0254. The molecular weight excluding hydrogens is 420 g/mol. The van der Waals surface area contributed by atoms with Gasteiger partial charge in [-0.3, -0.25) is 19.0 Å². The second kappa shape index (κ2) is 11.4. The molecule has 1 aromatic heterocycles. The van der Waals surface area contributed by atoms with Crippen LogP contribution in [-0.2, 0) is 23.9 Å². The van der Waals surface area contributed by atoms with Crippen LogP contribution in [0.2, 0.25) is 0 Å². The fourth-order valence-corrected chi connectivity index (χ4v) is 2.38. The van der Waals surface area contributed by atoms with Crippen molar-refractivity contribution in [1.82, 2.24) is 9.55 Å². The SMILES string of the molecule is CC(C)[C@H](N)C(=O)OC[C@H]1O[C@@H](n2ccc(N)nc2=O)[C@@H](O)[C@@H]1O.O=C(O)CC(=O)O. The highest BCUT2D eigenvalue weighted by Gasteiger charge is 2.44. The third-order valence-electron chi connectivity index (χ3n) is 4.15. The molecule has 0 amide bonds. The van der Waals surface area contributed by atoms with Crippen molar-refractivity contribution in [3.63, 3.8) is 0 Å². The van der Waals surface area contributed by atoms with Gasteiger partial charge in [0, 0.05) is 6.20 Å². The molecule has 0 aliphatic carbocycles. The number of aliphatic carboxylic acids is 2. The largest absolute Gasteiger partial charge is 0.481 e. The Morgan fingerprint density at radius 2 is 1.81 bits per heavy atom. The Labute approximate surface area is 176 Å². The van der Waals surface area contributed by atoms with Gasteiger partial charge in [0.25, 0.3) is 0 Å². The summed E-state index contributed by atoms with van der Waals surface area (Å²) in [7, 11) is 0. The van der Waals surface area contributed by atoms with Gasteiger partial charge in [0.05, 0.1) is 0 Å². The summed E-state index contributed by atoms with van der Waals surface area (Å²) >= 11 is 0. The van der Waals surface area contributed by atoms with Crippen molar-refractivity contribution in [2.75, 3.05) is 12.3 Å². The highest BCUT2D eigenvalue weighted by molar-refractivity contribution is 5.88. The van der Waals surface area contributed by atoms with Gasteiger partial charge < -0.3 is 41.4 Å². The number of aliphatic hydroxyl groups is 2. The molecule has 0 saturated carbocycles. The molecule has 0 aromatic carbocycles. The van der Waals surface area contributed by atoms with Crippen molar-refractivity contribution in [1.29, 1.82) is 0 Å². The zero-order valence-corrected chi connectivity index (χ0v) is 16.8. The Bertz CT molecular complexity index is 830. The van der Waals surface area contributed by atoms with Crippen LogP contribution in [0.3, 0.4) is 0 Å². The number of nitrogen functional groups attached to an aromatic ring is 1. The van der Waals surface area contributed by atoms with E-state index in [9.17, 15) is 29.4 Å². The number of carbonyl (C=O) groups is 3. The first-order valence-electron chi connectivity index (χ1n) is 9.07. The van der Waals surface area contributed by atoms with Gasteiger partial charge in [-0.05, 0) is 12.0 Å². The van der Waals surface area contributed by atoms with Crippen LogP contribution in [0.4, 0.5) is 5.82 Å². The van der Waals surface area contributed by atoms with E-state index in [1.807, 2.05) is 0 Å². The fraction of sp³-hybridized carbons (Fsp3) is 0.588. The molecule has 1 aliphatic heterocycles. The quantitative estimate of drug-likeness (QED) is 0.188. The second-order valence-corrected chi connectivity index (χ2v) is 6.95. The number of anilines is 1. The molecule has 1 aromatic rings. The van der Waals surface area contributed by atoms with Crippen molar-refractivity contribution in [3.05, 3.63) is 22.7 Å². The summed E-state index contributed by atoms with van der Waals surface area (Å²) in [6.07, 6.45) is -4.41. The van der Waals surface area contributed by atoms with Crippen LogP contribution in [0.5, 0.6) is 0 Å². The summed E-state index contributed by atoms with van der Waals surface area (Å²) in [6.45, 7) is 3.24. The van der Waals surface area contributed by atoms with Crippen LogP contribution in [0.25, 0.3) is 0 Å². The maximum Gasteiger partial charge on any atom is 0.351 e.